The Morgan fingerprint density at radius 1 is 1.52 bits per heavy atom. The summed E-state index contributed by atoms with van der Waals surface area (Å²) in [4.78, 5) is 24.4. The lowest BCUT2D eigenvalue weighted by Gasteiger charge is -2.31. The van der Waals surface area contributed by atoms with Gasteiger partial charge in [0.2, 0.25) is 0 Å². The van der Waals surface area contributed by atoms with E-state index in [2.05, 4.69) is 5.32 Å². The summed E-state index contributed by atoms with van der Waals surface area (Å²) in [5, 5.41) is 2.87. The predicted octanol–water partition coefficient (Wildman–Crippen LogP) is 1.26. The van der Waals surface area contributed by atoms with Crippen LogP contribution in [0.1, 0.15) is 30.6 Å². The van der Waals surface area contributed by atoms with Gasteiger partial charge in [-0.05, 0) is 32.4 Å². The Morgan fingerprint density at radius 2 is 2.30 bits per heavy atom. The first kappa shape index (κ1) is 17.4. The quantitative estimate of drug-likeness (QED) is 0.829. The zero-order valence-electron chi connectivity index (χ0n) is 13.9. The van der Waals surface area contributed by atoms with Crippen LogP contribution in [-0.4, -0.2) is 42.4 Å². The smallest absolute Gasteiger partial charge is 0.263 e. The van der Waals surface area contributed by atoms with Crippen molar-refractivity contribution in [1.29, 1.82) is 0 Å². The summed E-state index contributed by atoms with van der Waals surface area (Å²) in [7, 11) is 1.62. The first-order chi connectivity index (χ1) is 11.0. The SMILES string of the molecule is CC(C)=CCO[C@H]1CCOC[C@H]1NC(=O)c1cccn(C)c1=O. The van der Waals surface area contributed by atoms with Crippen molar-refractivity contribution in [3.8, 4) is 0 Å². The first-order valence-electron chi connectivity index (χ1n) is 7.78. The third-order valence-corrected chi connectivity index (χ3v) is 3.78. The molecule has 6 heteroatoms. The van der Waals surface area contributed by atoms with Crippen molar-refractivity contribution in [3.63, 3.8) is 0 Å². The minimum absolute atomic E-state index is 0.115. The summed E-state index contributed by atoms with van der Waals surface area (Å²) in [6.07, 6.45) is 4.22. The van der Waals surface area contributed by atoms with E-state index >= 15 is 0 Å². The van der Waals surface area contributed by atoms with Crippen LogP contribution in [0.25, 0.3) is 0 Å². The van der Waals surface area contributed by atoms with Crippen molar-refractivity contribution in [2.24, 2.45) is 7.05 Å². The van der Waals surface area contributed by atoms with E-state index in [1.807, 2.05) is 19.9 Å². The number of pyridine rings is 1. The van der Waals surface area contributed by atoms with Crippen LogP contribution in [-0.2, 0) is 16.5 Å². The molecule has 1 aromatic heterocycles. The van der Waals surface area contributed by atoms with Crippen LogP contribution >= 0.6 is 0 Å². The maximum atomic E-state index is 12.4. The summed E-state index contributed by atoms with van der Waals surface area (Å²) in [5.41, 5.74) is 0.998. The van der Waals surface area contributed by atoms with Gasteiger partial charge in [0.05, 0.1) is 25.4 Å². The van der Waals surface area contributed by atoms with E-state index in [0.29, 0.717) is 26.2 Å². The van der Waals surface area contributed by atoms with E-state index in [-0.39, 0.29) is 23.3 Å². The standard InChI is InChI=1S/C17H24N2O4/c1-12(2)6-10-23-15-7-9-22-11-14(15)18-16(20)13-5-4-8-19(3)17(13)21/h4-6,8,14-15H,7,9-11H2,1-3H3,(H,18,20)/t14-,15+/m1/s1. The minimum atomic E-state index is -0.391. The molecule has 23 heavy (non-hydrogen) atoms. The number of hydrogen-bond donors (Lipinski definition) is 1. The third-order valence-electron chi connectivity index (χ3n) is 3.78. The highest BCUT2D eigenvalue weighted by Crippen LogP contribution is 2.13. The van der Waals surface area contributed by atoms with Gasteiger partial charge in [-0.3, -0.25) is 9.59 Å². The molecule has 1 saturated heterocycles. The van der Waals surface area contributed by atoms with Gasteiger partial charge < -0.3 is 19.4 Å². The first-order valence-corrected chi connectivity index (χ1v) is 7.78. The third kappa shape index (κ3) is 4.77. The van der Waals surface area contributed by atoms with Gasteiger partial charge in [0.25, 0.3) is 11.5 Å². The summed E-state index contributed by atoms with van der Waals surface area (Å²) >= 11 is 0. The van der Waals surface area contributed by atoms with Gasteiger partial charge in [-0.25, -0.2) is 0 Å². The molecule has 0 aromatic carbocycles. The van der Waals surface area contributed by atoms with Gasteiger partial charge in [0.15, 0.2) is 0 Å². The Balaban J connectivity index is 2.03. The number of nitrogens with one attached hydrogen (secondary N) is 1. The molecule has 2 heterocycles. The Morgan fingerprint density at radius 3 is 3.04 bits per heavy atom. The van der Waals surface area contributed by atoms with Crippen LogP contribution in [0.3, 0.4) is 0 Å². The van der Waals surface area contributed by atoms with Gasteiger partial charge in [-0.2, -0.15) is 0 Å². The van der Waals surface area contributed by atoms with Crippen molar-refractivity contribution < 1.29 is 14.3 Å². The molecule has 126 valence electrons. The fraction of sp³-hybridized carbons (Fsp3) is 0.529. The molecule has 1 aliphatic rings. The molecule has 0 saturated carbocycles. The number of carbonyl (C=O) groups is 1. The molecule has 0 radical (unpaired) electrons. The molecule has 1 fully saturated rings. The zero-order chi connectivity index (χ0) is 16.8. The average Bonchev–Trinajstić information content (AvgIpc) is 2.51. The lowest BCUT2D eigenvalue weighted by molar-refractivity contribution is -0.0457. The van der Waals surface area contributed by atoms with E-state index < -0.39 is 5.91 Å². The zero-order valence-corrected chi connectivity index (χ0v) is 13.9. The number of hydrogen-bond acceptors (Lipinski definition) is 4. The molecule has 0 aliphatic carbocycles. The van der Waals surface area contributed by atoms with E-state index in [4.69, 9.17) is 9.47 Å². The number of amides is 1. The predicted molar refractivity (Wildman–Crippen MR) is 87.5 cm³/mol. The van der Waals surface area contributed by atoms with Crippen molar-refractivity contribution >= 4 is 5.91 Å². The molecular weight excluding hydrogens is 296 g/mol. The van der Waals surface area contributed by atoms with Crippen LogP contribution < -0.4 is 10.9 Å². The van der Waals surface area contributed by atoms with Crippen LogP contribution in [0.5, 0.6) is 0 Å². The second kappa shape index (κ2) is 8.08. The average molecular weight is 320 g/mol. The number of carbonyl (C=O) groups excluding carboxylic acids is 1. The molecule has 2 atom stereocenters. The Kier molecular flexibility index (Phi) is 6.12. The second-order valence-corrected chi connectivity index (χ2v) is 5.93. The summed E-state index contributed by atoms with van der Waals surface area (Å²) < 4.78 is 12.7. The Bertz CT molecular complexity index is 632. The van der Waals surface area contributed by atoms with Crippen molar-refractivity contribution in [2.75, 3.05) is 19.8 Å². The van der Waals surface area contributed by atoms with Crippen molar-refractivity contribution in [3.05, 3.63) is 45.9 Å². The lowest BCUT2D eigenvalue weighted by Crippen LogP contribution is -2.51. The maximum Gasteiger partial charge on any atom is 0.263 e. The number of aryl methyl sites for hydroxylation is 1. The molecule has 0 unspecified atom stereocenters. The van der Waals surface area contributed by atoms with Crippen LogP contribution in [0, 0.1) is 0 Å². The van der Waals surface area contributed by atoms with Crippen LogP contribution in [0.2, 0.25) is 0 Å². The number of nitrogens with zero attached hydrogens (tertiary/aromatic N) is 1. The highest BCUT2D eigenvalue weighted by Gasteiger charge is 2.28. The minimum Gasteiger partial charge on any atom is -0.379 e. The Labute approximate surface area is 136 Å². The fourth-order valence-corrected chi connectivity index (χ4v) is 2.41. The van der Waals surface area contributed by atoms with Crippen molar-refractivity contribution in [1.82, 2.24) is 9.88 Å². The molecule has 1 aromatic rings. The molecule has 2 rings (SSSR count). The van der Waals surface area contributed by atoms with Gasteiger partial charge in [-0.15, -0.1) is 0 Å². The van der Waals surface area contributed by atoms with Gasteiger partial charge in [0.1, 0.15) is 5.56 Å². The maximum absolute atomic E-state index is 12.4. The summed E-state index contributed by atoms with van der Waals surface area (Å²) in [6.45, 7) is 5.53. The number of ether oxygens (including phenoxy) is 2. The van der Waals surface area contributed by atoms with Gasteiger partial charge >= 0.3 is 0 Å². The molecular formula is C17H24N2O4. The number of aromatic nitrogens is 1. The van der Waals surface area contributed by atoms with E-state index in [0.717, 1.165) is 0 Å². The molecule has 1 N–H and O–H groups in total. The molecule has 6 nitrogen and oxygen atoms in total. The molecule has 0 spiro atoms. The monoisotopic (exact) mass is 320 g/mol. The molecule has 0 bridgehead atoms. The van der Waals surface area contributed by atoms with E-state index in [1.54, 1.807) is 19.3 Å². The highest BCUT2D eigenvalue weighted by molar-refractivity contribution is 5.94. The second-order valence-electron chi connectivity index (χ2n) is 5.93. The van der Waals surface area contributed by atoms with Gasteiger partial charge in [0, 0.05) is 19.9 Å². The Hall–Kier alpha value is -1.92. The lowest BCUT2D eigenvalue weighted by atomic mass is 10.1. The van der Waals surface area contributed by atoms with E-state index in [1.165, 1.54) is 16.2 Å². The van der Waals surface area contributed by atoms with Crippen LogP contribution in [0.15, 0.2) is 34.8 Å². The summed E-state index contributed by atoms with van der Waals surface area (Å²) in [6, 6.07) is 2.95. The van der Waals surface area contributed by atoms with Gasteiger partial charge in [-0.1, -0.05) is 11.6 Å². The fourth-order valence-electron chi connectivity index (χ4n) is 2.41. The highest BCUT2D eigenvalue weighted by atomic mass is 16.5. The molecule has 1 amide bonds. The summed E-state index contributed by atoms with van der Waals surface area (Å²) in [5.74, 6) is -0.391. The number of rotatable bonds is 5. The topological polar surface area (TPSA) is 69.6 Å². The number of allylic oxidation sites excluding steroid dienone is 1. The largest absolute Gasteiger partial charge is 0.379 e. The van der Waals surface area contributed by atoms with E-state index in [9.17, 15) is 9.59 Å². The van der Waals surface area contributed by atoms with Crippen molar-refractivity contribution in [2.45, 2.75) is 32.4 Å². The normalized spacial score (nSPS) is 20.8. The molecule has 1 aliphatic heterocycles. The van der Waals surface area contributed by atoms with Crippen LogP contribution in [0.4, 0.5) is 0 Å².